The van der Waals surface area contributed by atoms with Crippen molar-refractivity contribution in [2.24, 2.45) is 5.92 Å². The highest BCUT2D eigenvalue weighted by Crippen LogP contribution is 2.33. The van der Waals surface area contributed by atoms with Crippen LogP contribution in [0, 0.1) is 5.92 Å². The van der Waals surface area contributed by atoms with Gasteiger partial charge in [0.2, 0.25) is 0 Å². The van der Waals surface area contributed by atoms with E-state index in [0.717, 1.165) is 29.0 Å². The third-order valence-corrected chi connectivity index (χ3v) is 4.36. The molecule has 1 saturated carbocycles. The van der Waals surface area contributed by atoms with Crippen molar-refractivity contribution in [2.75, 3.05) is 0 Å². The van der Waals surface area contributed by atoms with Gasteiger partial charge >= 0.3 is 0 Å². The summed E-state index contributed by atoms with van der Waals surface area (Å²) in [6.45, 7) is 2.27. The third-order valence-electron chi connectivity index (χ3n) is 3.56. The van der Waals surface area contributed by atoms with E-state index in [1.807, 2.05) is 18.2 Å². The molecule has 0 bridgehead atoms. The average Bonchev–Trinajstić information content (AvgIpc) is 2.35. The first kappa shape index (κ1) is 13.2. The van der Waals surface area contributed by atoms with E-state index in [2.05, 4.69) is 22.9 Å². The second kappa shape index (κ2) is 6.10. The number of benzene rings is 1. The van der Waals surface area contributed by atoms with Crippen LogP contribution in [0.25, 0.3) is 0 Å². The zero-order valence-electron chi connectivity index (χ0n) is 10.1. The lowest BCUT2D eigenvalue weighted by molar-refractivity contribution is 0.130. The Morgan fingerprint density at radius 3 is 2.65 bits per heavy atom. The molecule has 0 heterocycles. The lowest BCUT2D eigenvalue weighted by atomic mass is 9.86. The van der Waals surface area contributed by atoms with Crippen LogP contribution in [0.1, 0.15) is 39.0 Å². The Morgan fingerprint density at radius 1 is 1.29 bits per heavy atom. The van der Waals surface area contributed by atoms with Crippen LogP contribution in [-0.4, -0.2) is 6.10 Å². The largest absolute Gasteiger partial charge is 0.489 e. The number of hydrogen-bond donors (Lipinski definition) is 0. The van der Waals surface area contributed by atoms with Crippen LogP contribution < -0.4 is 4.74 Å². The molecule has 0 atom stereocenters. The fraction of sp³-hybridized carbons (Fsp3) is 0.571. The Labute approximate surface area is 117 Å². The molecule has 1 aromatic carbocycles. The van der Waals surface area contributed by atoms with Crippen molar-refractivity contribution < 1.29 is 4.74 Å². The molecule has 0 amide bonds. The van der Waals surface area contributed by atoms with Crippen molar-refractivity contribution >= 4 is 27.5 Å². The quantitative estimate of drug-likeness (QED) is 0.720. The zero-order chi connectivity index (χ0) is 12.3. The van der Waals surface area contributed by atoms with E-state index in [0.29, 0.717) is 11.1 Å². The van der Waals surface area contributed by atoms with Crippen molar-refractivity contribution in [3.8, 4) is 5.75 Å². The van der Waals surface area contributed by atoms with Crippen molar-refractivity contribution in [2.45, 2.75) is 45.1 Å². The molecule has 0 aliphatic heterocycles. The topological polar surface area (TPSA) is 9.23 Å². The maximum Gasteiger partial charge on any atom is 0.139 e. The van der Waals surface area contributed by atoms with Crippen LogP contribution in [0.5, 0.6) is 5.75 Å². The lowest BCUT2D eigenvalue weighted by Crippen LogP contribution is -2.23. The summed E-state index contributed by atoms with van der Waals surface area (Å²) in [5.41, 5.74) is 0. The fourth-order valence-electron chi connectivity index (χ4n) is 2.41. The van der Waals surface area contributed by atoms with E-state index in [1.165, 1.54) is 19.3 Å². The SMILES string of the molecule is CCC1CCC(Oc2cc(Br)ccc2Cl)CC1. The number of rotatable bonds is 3. The van der Waals surface area contributed by atoms with Crippen LogP contribution in [0.3, 0.4) is 0 Å². The molecular weight excluding hydrogens is 300 g/mol. The van der Waals surface area contributed by atoms with Crippen LogP contribution >= 0.6 is 27.5 Å². The summed E-state index contributed by atoms with van der Waals surface area (Å²) < 4.78 is 7.01. The molecule has 1 aromatic rings. The van der Waals surface area contributed by atoms with Crippen LogP contribution in [0.15, 0.2) is 22.7 Å². The van der Waals surface area contributed by atoms with Crippen LogP contribution in [0.2, 0.25) is 5.02 Å². The van der Waals surface area contributed by atoms with Crippen molar-refractivity contribution in [3.63, 3.8) is 0 Å². The number of halogens is 2. The Bertz CT molecular complexity index is 372. The molecule has 3 heteroatoms. The fourth-order valence-corrected chi connectivity index (χ4v) is 2.91. The van der Waals surface area contributed by atoms with Gasteiger partial charge in [0.15, 0.2) is 0 Å². The maximum atomic E-state index is 6.13. The molecule has 0 saturated heterocycles. The molecule has 0 aromatic heterocycles. The summed E-state index contributed by atoms with van der Waals surface area (Å²) in [4.78, 5) is 0. The van der Waals surface area contributed by atoms with Gasteiger partial charge in [0, 0.05) is 4.47 Å². The van der Waals surface area contributed by atoms with E-state index < -0.39 is 0 Å². The summed E-state index contributed by atoms with van der Waals surface area (Å²) in [6.07, 6.45) is 6.51. The molecule has 0 spiro atoms. The predicted octanol–water partition coefficient (Wildman–Crippen LogP) is 5.45. The molecule has 94 valence electrons. The van der Waals surface area contributed by atoms with E-state index in [1.54, 1.807) is 0 Å². The second-order valence-electron chi connectivity index (χ2n) is 4.74. The molecule has 0 radical (unpaired) electrons. The van der Waals surface area contributed by atoms with E-state index >= 15 is 0 Å². The van der Waals surface area contributed by atoms with Gasteiger partial charge in [-0.05, 0) is 49.8 Å². The van der Waals surface area contributed by atoms with Crippen LogP contribution in [-0.2, 0) is 0 Å². The summed E-state index contributed by atoms with van der Waals surface area (Å²) in [7, 11) is 0. The van der Waals surface area contributed by atoms with Crippen molar-refractivity contribution in [1.82, 2.24) is 0 Å². The Kier molecular flexibility index (Phi) is 4.75. The first-order valence-corrected chi connectivity index (χ1v) is 7.48. The van der Waals surface area contributed by atoms with Gasteiger partial charge in [0.25, 0.3) is 0 Å². The minimum absolute atomic E-state index is 0.338. The smallest absolute Gasteiger partial charge is 0.139 e. The van der Waals surface area contributed by atoms with Gasteiger partial charge in [-0.3, -0.25) is 0 Å². The minimum Gasteiger partial charge on any atom is -0.489 e. The maximum absolute atomic E-state index is 6.13. The van der Waals surface area contributed by atoms with Crippen molar-refractivity contribution in [3.05, 3.63) is 27.7 Å². The average molecular weight is 318 g/mol. The van der Waals surface area contributed by atoms with E-state index in [9.17, 15) is 0 Å². The Balaban J connectivity index is 1.95. The predicted molar refractivity (Wildman–Crippen MR) is 75.8 cm³/mol. The second-order valence-corrected chi connectivity index (χ2v) is 6.07. The van der Waals surface area contributed by atoms with E-state index in [-0.39, 0.29) is 0 Å². The lowest BCUT2D eigenvalue weighted by Gasteiger charge is -2.28. The standard InChI is InChI=1S/C14H18BrClO/c1-2-10-3-6-12(7-4-10)17-14-9-11(15)5-8-13(14)16/h5,8-10,12H,2-4,6-7H2,1H3. The highest BCUT2D eigenvalue weighted by Gasteiger charge is 2.21. The summed E-state index contributed by atoms with van der Waals surface area (Å²) >= 11 is 9.57. The first-order valence-electron chi connectivity index (χ1n) is 6.30. The molecule has 1 aliphatic rings. The highest BCUT2D eigenvalue weighted by atomic mass is 79.9. The molecule has 0 N–H and O–H groups in total. The molecule has 2 rings (SSSR count). The Morgan fingerprint density at radius 2 is 2.00 bits per heavy atom. The summed E-state index contributed by atoms with van der Waals surface area (Å²) in [5, 5.41) is 0.700. The molecule has 17 heavy (non-hydrogen) atoms. The first-order chi connectivity index (χ1) is 8.19. The van der Waals surface area contributed by atoms with Gasteiger partial charge in [-0.15, -0.1) is 0 Å². The van der Waals surface area contributed by atoms with Gasteiger partial charge in [-0.2, -0.15) is 0 Å². The van der Waals surface area contributed by atoms with Gasteiger partial charge in [-0.25, -0.2) is 0 Å². The normalized spacial score (nSPS) is 24.6. The Hall–Kier alpha value is -0.210. The molecular formula is C14H18BrClO. The van der Waals surface area contributed by atoms with Gasteiger partial charge < -0.3 is 4.74 Å². The monoisotopic (exact) mass is 316 g/mol. The van der Waals surface area contributed by atoms with Crippen LogP contribution in [0.4, 0.5) is 0 Å². The van der Waals surface area contributed by atoms with Gasteiger partial charge in [-0.1, -0.05) is 40.9 Å². The minimum atomic E-state index is 0.338. The molecule has 1 fully saturated rings. The van der Waals surface area contributed by atoms with Crippen molar-refractivity contribution in [1.29, 1.82) is 0 Å². The van der Waals surface area contributed by atoms with Gasteiger partial charge in [0.05, 0.1) is 11.1 Å². The molecule has 1 aliphatic carbocycles. The highest BCUT2D eigenvalue weighted by molar-refractivity contribution is 9.10. The third kappa shape index (κ3) is 3.62. The van der Waals surface area contributed by atoms with E-state index in [4.69, 9.17) is 16.3 Å². The zero-order valence-corrected chi connectivity index (χ0v) is 12.4. The summed E-state index contributed by atoms with van der Waals surface area (Å²) in [5.74, 6) is 1.70. The summed E-state index contributed by atoms with van der Waals surface area (Å²) in [6, 6.07) is 5.76. The molecule has 0 unspecified atom stereocenters. The number of ether oxygens (including phenoxy) is 1. The number of hydrogen-bond acceptors (Lipinski definition) is 1. The van der Waals surface area contributed by atoms with Gasteiger partial charge in [0.1, 0.15) is 5.75 Å². The molecule has 1 nitrogen and oxygen atoms in total.